The van der Waals surface area contributed by atoms with Crippen molar-refractivity contribution in [3.8, 4) is 11.8 Å². The first-order valence-corrected chi connectivity index (χ1v) is 8.02. The first kappa shape index (κ1) is 15.9. The van der Waals surface area contributed by atoms with E-state index in [2.05, 4.69) is 18.3 Å². The number of hydrogen-bond donors (Lipinski definition) is 1. The van der Waals surface area contributed by atoms with Gasteiger partial charge < -0.3 is 4.74 Å². The van der Waals surface area contributed by atoms with Crippen LogP contribution in [0.1, 0.15) is 58.1 Å². The molecule has 0 radical (unpaired) electrons. The second-order valence-corrected chi connectivity index (χ2v) is 6.34. The van der Waals surface area contributed by atoms with Gasteiger partial charge in [-0.15, -0.1) is 0 Å². The maximum absolute atomic E-state index is 9.52. The van der Waals surface area contributed by atoms with Crippen molar-refractivity contribution >= 4 is 0 Å². The molecule has 1 aliphatic carbocycles. The van der Waals surface area contributed by atoms with Crippen molar-refractivity contribution in [2.75, 3.05) is 0 Å². The van der Waals surface area contributed by atoms with E-state index < -0.39 is 0 Å². The number of nitriles is 1. The average molecular weight is 286 g/mol. The van der Waals surface area contributed by atoms with Crippen LogP contribution in [0.15, 0.2) is 24.3 Å². The van der Waals surface area contributed by atoms with Gasteiger partial charge in [0.05, 0.1) is 12.2 Å². The van der Waals surface area contributed by atoms with Crippen molar-refractivity contribution in [1.29, 1.82) is 5.26 Å². The summed E-state index contributed by atoms with van der Waals surface area (Å²) >= 11 is 0. The van der Waals surface area contributed by atoms with E-state index in [0.717, 1.165) is 11.3 Å². The summed E-state index contributed by atoms with van der Waals surface area (Å²) < 4.78 is 5.72. The molecular weight excluding hydrogens is 260 g/mol. The summed E-state index contributed by atoms with van der Waals surface area (Å²) in [6.07, 6.45) is 5.14. The highest BCUT2D eigenvalue weighted by Crippen LogP contribution is 2.27. The van der Waals surface area contributed by atoms with Gasteiger partial charge in [0.25, 0.3) is 0 Å². The van der Waals surface area contributed by atoms with E-state index in [4.69, 9.17) is 4.74 Å². The van der Waals surface area contributed by atoms with E-state index in [1.807, 2.05) is 38.1 Å². The van der Waals surface area contributed by atoms with E-state index >= 15 is 0 Å². The van der Waals surface area contributed by atoms with Gasteiger partial charge >= 0.3 is 0 Å². The molecule has 21 heavy (non-hydrogen) atoms. The van der Waals surface area contributed by atoms with Crippen LogP contribution in [-0.2, 0) is 0 Å². The fourth-order valence-electron chi connectivity index (χ4n) is 3.03. The fraction of sp³-hybridized carbons (Fsp3) is 0.611. The van der Waals surface area contributed by atoms with Crippen molar-refractivity contribution < 1.29 is 4.74 Å². The first-order chi connectivity index (χ1) is 10.1. The Hall–Kier alpha value is -1.53. The molecule has 1 aromatic rings. The standard InChI is InChI=1S/C18H26N2O/c1-13(2)21-16-9-6-8-15(11-16)18(12-19)20-17-10-5-4-7-14(17)3/h6,8-9,11,13-14,17-18,20H,4-5,7,10H2,1-3H3. The zero-order valence-corrected chi connectivity index (χ0v) is 13.3. The minimum absolute atomic E-state index is 0.145. The number of benzene rings is 1. The molecular formula is C18H26N2O. The highest BCUT2D eigenvalue weighted by molar-refractivity contribution is 5.33. The molecule has 1 N–H and O–H groups in total. The number of rotatable bonds is 5. The molecule has 0 heterocycles. The monoisotopic (exact) mass is 286 g/mol. The second kappa shape index (κ2) is 7.47. The van der Waals surface area contributed by atoms with Gasteiger partial charge in [-0.25, -0.2) is 0 Å². The Kier molecular flexibility index (Phi) is 5.64. The molecule has 3 heteroatoms. The Bertz CT molecular complexity index is 492. The first-order valence-electron chi connectivity index (χ1n) is 8.02. The van der Waals surface area contributed by atoms with Crippen molar-refractivity contribution in [3.63, 3.8) is 0 Å². The summed E-state index contributed by atoms with van der Waals surface area (Å²) in [5.74, 6) is 1.48. The van der Waals surface area contributed by atoms with Crippen LogP contribution in [0.3, 0.4) is 0 Å². The quantitative estimate of drug-likeness (QED) is 0.882. The highest BCUT2D eigenvalue weighted by atomic mass is 16.5. The molecule has 3 atom stereocenters. The molecule has 1 aromatic carbocycles. The number of hydrogen-bond acceptors (Lipinski definition) is 3. The molecule has 0 spiro atoms. The third-order valence-corrected chi connectivity index (χ3v) is 4.18. The predicted octanol–water partition coefficient (Wildman–Crippen LogP) is 4.21. The van der Waals surface area contributed by atoms with E-state index in [1.54, 1.807) is 0 Å². The zero-order chi connectivity index (χ0) is 15.2. The molecule has 3 nitrogen and oxygen atoms in total. The molecule has 2 rings (SSSR count). The van der Waals surface area contributed by atoms with Gasteiger partial charge in [-0.05, 0) is 50.3 Å². The Morgan fingerprint density at radius 1 is 1.29 bits per heavy atom. The number of nitrogens with zero attached hydrogens (tertiary/aromatic N) is 1. The van der Waals surface area contributed by atoms with Gasteiger partial charge in [-0.2, -0.15) is 5.26 Å². The third-order valence-electron chi connectivity index (χ3n) is 4.18. The summed E-state index contributed by atoms with van der Waals surface area (Å²) in [7, 11) is 0. The Morgan fingerprint density at radius 2 is 2.05 bits per heavy atom. The van der Waals surface area contributed by atoms with Gasteiger partial charge in [0.1, 0.15) is 11.8 Å². The van der Waals surface area contributed by atoms with Crippen molar-refractivity contribution in [2.45, 2.75) is 64.6 Å². The van der Waals surface area contributed by atoms with E-state index in [1.165, 1.54) is 25.7 Å². The molecule has 1 saturated carbocycles. The Labute approximate surface area is 128 Å². The van der Waals surface area contributed by atoms with Crippen molar-refractivity contribution in [2.24, 2.45) is 5.92 Å². The lowest BCUT2D eigenvalue weighted by Gasteiger charge is -2.31. The third kappa shape index (κ3) is 4.47. The van der Waals surface area contributed by atoms with Gasteiger partial charge in [0.15, 0.2) is 0 Å². The molecule has 3 unspecified atom stereocenters. The Morgan fingerprint density at radius 3 is 2.71 bits per heavy atom. The minimum Gasteiger partial charge on any atom is -0.491 e. The van der Waals surface area contributed by atoms with Crippen LogP contribution in [0.25, 0.3) is 0 Å². The van der Waals surface area contributed by atoms with Crippen LogP contribution in [0.5, 0.6) is 5.75 Å². The maximum atomic E-state index is 9.52. The number of ether oxygens (including phenoxy) is 1. The predicted molar refractivity (Wildman–Crippen MR) is 85.1 cm³/mol. The molecule has 0 aromatic heterocycles. The summed E-state index contributed by atoms with van der Waals surface area (Å²) in [5.41, 5.74) is 0.994. The average Bonchev–Trinajstić information content (AvgIpc) is 2.46. The van der Waals surface area contributed by atoms with Gasteiger partial charge in [0.2, 0.25) is 0 Å². The largest absolute Gasteiger partial charge is 0.491 e. The van der Waals surface area contributed by atoms with Crippen LogP contribution in [0, 0.1) is 17.2 Å². The molecule has 1 aliphatic rings. The van der Waals surface area contributed by atoms with Crippen molar-refractivity contribution in [1.82, 2.24) is 5.32 Å². The summed E-state index contributed by atoms with van der Waals surface area (Å²) in [6, 6.07) is 10.5. The normalized spacial score (nSPS) is 23.6. The van der Waals surface area contributed by atoms with Crippen LogP contribution in [0.4, 0.5) is 0 Å². The van der Waals surface area contributed by atoms with E-state index in [9.17, 15) is 5.26 Å². The smallest absolute Gasteiger partial charge is 0.121 e. The molecule has 0 amide bonds. The fourth-order valence-corrected chi connectivity index (χ4v) is 3.03. The van der Waals surface area contributed by atoms with Gasteiger partial charge in [-0.1, -0.05) is 31.9 Å². The molecule has 1 fully saturated rings. The van der Waals surface area contributed by atoms with Gasteiger partial charge in [-0.3, -0.25) is 5.32 Å². The van der Waals surface area contributed by atoms with E-state index in [-0.39, 0.29) is 12.1 Å². The van der Waals surface area contributed by atoms with E-state index in [0.29, 0.717) is 12.0 Å². The lowest BCUT2D eigenvalue weighted by atomic mass is 9.85. The SMILES string of the molecule is CC(C)Oc1cccc(C(C#N)NC2CCCCC2C)c1. The van der Waals surface area contributed by atoms with Crippen LogP contribution < -0.4 is 10.1 Å². The summed E-state index contributed by atoms with van der Waals surface area (Å²) in [5, 5.41) is 13.1. The van der Waals surface area contributed by atoms with Crippen LogP contribution in [0.2, 0.25) is 0 Å². The molecule has 114 valence electrons. The lowest BCUT2D eigenvalue weighted by molar-refractivity contribution is 0.241. The summed E-state index contributed by atoms with van der Waals surface area (Å²) in [4.78, 5) is 0. The van der Waals surface area contributed by atoms with Gasteiger partial charge in [0, 0.05) is 6.04 Å². The number of nitrogens with one attached hydrogen (secondary N) is 1. The summed E-state index contributed by atoms with van der Waals surface area (Å²) in [6.45, 7) is 6.30. The highest BCUT2D eigenvalue weighted by Gasteiger charge is 2.24. The van der Waals surface area contributed by atoms with Crippen molar-refractivity contribution in [3.05, 3.63) is 29.8 Å². The van der Waals surface area contributed by atoms with Crippen LogP contribution in [-0.4, -0.2) is 12.1 Å². The zero-order valence-electron chi connectivity index (χ0n) is 13.3. The lowest BCUT2D eigenvalue weighted by Crippen LogP contribution is -2.39. The molecule has 0 aliphatic heterocycles. The van der Waals surface area contributed by atoms with Crippen LogP contribution >= 0.6 is 0 Å². The molecule has 0 bridgehead atoms. The second-order valence-electron chi connectivity index (χ2n) is 6.34. The minimum atomic E-state index is -0.258. The molecule has 0 saturated heterocycles. The Balaban J connectivity index is 2.08. The maximum Gasteiger partial charge on any atom is 0.121 e. The topological polar surface area (TPSA) is 45.0 Å².